The first-order valence-corrected chi connectivity index (χ1v) is 18.8. The van der Waals surface area contributed by atoms with Crippen molar-refractivity contribution >= 4 is 0 Å². The van der Waals surface area contributed by atoms with Crippen LogP contribution in [0.5, 0.6) is 0 Å². The number of hydrogen-bond donors (Lipinski definition) is 4. The zero-order valence-corrected chi connectivity index (χ0v) is 41.0. The van der Waals surface area contributed by atoms with E-state index in [1.807, 2.05) is 0 Å². The molecule has 0 saturated heterocycles. The molecule has 0 rings (SSSR count). The van der Waals surface area contributed by atoms with Crippen molar-refractivity contribution < 1.29 is 66.4 Å². The molecule has 0 aromatic rings. The molecule has 4 N–H and O–H groups in total. The molecule has 0 heterocycles. The van der Waals surface area contributed by atoms with Crippen LogP contribution in [0.4, 0.5) is 0 Å². The fraction of sp³-hybridized carbons (Fsp3) is 0.975. The van der Waals surface area contributed by atoms with Crippen LogP contribution in [0.1, 0.15) is 131 Å². The maximum absolute atomic E-state index is 4.63. The number of likely N-dealkylation sites (N-methyl/N-ethyl adjacent to an activating group) is 4. The van der Waals surface area contributed by atoms with Crippen molar-refractivity contribution in [1.29, 1.82) is 0 Å². The van der Waals surface area contributed by atoms with Crippen LogP contribution in [0.3, 0.4) is 0 Å². The number of nitrogens with zero attached hydrogens (tertiary/aromatic N) is 4. The minimum atomic E-state index is 0. The molecular formula is C40H97Li3N8+2. The fourth-order valence-corrected chi connectivity index (χ4v) is 3.86. The van der Waals surface area contributed by atoms with Crippen LogP contribution in [0, 0.1) is 6.92 Å². The fourth-order valence-electron chi connectivity index (χ4n) is 3.86. The number of quaternary nitrogens is 2. The molecule has 11 heteroatoms. The van der Waals surface area contributed by atoms with Gasteiger partial charge in [-0.2, -0.15) is 6.42 Å². The average Bonchev–Trinajstić information content (AvgIpc) is 2.82. The molecule has 0 aliphatic rings. The number of rotatable bonds is 13. The van der Waals surface area contributed by atoms with Gasteiger partial charge in [0.25, 0.3) is 0 Å². The Morgan fingerprint density at radius 2 is 1.12 bits per heavy atom. The molecule has 0 radical (unpaired) electrons. The van der Waals surface area contributed by atoms with Gasteiger partial charge in [0.1, 0.15) is 0 Å². The Kier molecular flexibility index (Phi) is 51.1. The Balaban J connectivity index is -0.0000000762. The Morgan fingerprint density at radius 1 is 0.706 bits per heavy atom. The topological polar surface area (TPSA) is 67.6 Å². The average molecular weight is 711 g/mol. The van der Waals surface area contributed by atoms with Crippen molar-refractivity contribution in [1.82, 2.24) is 20.4 Å². The van der Waals surface area contributed by atoms with Gasteiger partial charge in [0.05, 0.1) is 40.8 Å². The molecule has 4 atom stereocenters. The molecule has 0 aromatic carbocycles. The molecule has 0 aliphatic heterocycles. The number of unbranched alkanes of at least 4 members (excludes halogenated alkanes) is 1. The molecule has 0 spiro atoms. The largest absolute Gasteiger partial charge is 1.00 e. The van der Waals surface area contributed by atoms with Gasteiger partial charge in [-0.3, -0.25) is 0 Å². The Labute approximate surface area is 361 Å². The summed E-state index contributed by atoms with van der Waals surface area (Å²) in [5.41, 5.74) is 0.721. The molecule has 298 valence electrons. The summed E-state index contributed by atoms with van der Waals surface area (Å²) in [4.78, 5) is 7.35. The molecule has 0 fully saturated rings. The second-order valence-electron chi connectivity index (χ2n) is 18.9. The molecule has 8 nitrogen and oxygen atoms in total. The van der Waals surface area contributed by atoms with Gasteiger partial charge in [0.2, 0.25) is 0 Å². The molecule has 4 unspecified atom stereocenters. The summed E-state index contributed by atoms with van der Waals surface area (Å²) < 4.78 is 0. The molecule has 0 bridgehead atoms. The van der Waals surface area contributed by atoms with E-state index in [2.05, 4.69) is 212 Å². The summed E-state index contributed by atoms with van der Waals surface area (Å²) in [6, 6.07) is 2.27. The monoisotopic (exact) mass is 711 g/mol. The van der Waals surface area contributed by atoms with E-state index in [0.29, 0.717) is 24.2 Å². The van der Waals surface area contributed by atoms with Crippen molar-refractivity contribution in [3.63, 3.8) is 0 Å². The van der Waals surface area contributed by atoms with Crippen LogP contribution < -0.4 is 77.0 Å². The van der Waals surface area contributed by atoms with Crippen molar-refractivity contribution in [2.24, 2.45) is 0 Å². The van der Waals surface area contributed by atoms with Gasteiger partial charge in [0, 0.05) is 36.3 Å². The summed E-state index contributed by atoms with van der Waals surface area (Å²) in [5.74, 6) is 0. The van der Waals surface area contributed by atoms with E-state index in [1.165, 1.54) is 16.2 Å². The second kappa shape index (κ2) is 37.1. The van der Waals surface area contributed by atoms with Crippen molar-refractivity contribution in [2.75, 3.05) is 82.6 Å². The van der Waals surface area contributed by atoms with Gasteiger partial charge >= 0.3 is 56.6 Å². The van der Waals surface area contributed by atoms with E-state index in [-0.39, 0.29) is 78.7 Å². The summed E-state index contributed by atoms with van der Waals surface area (Å²) >= 11 is 0. The van der Waals surface area contributed by atoms with Gasteiger partial charge in [-0.15, -0.1) is 11.1 Å². The maximum Gasteiger partial charge on any atom is 1.00 e. The first-order chi connectivity index (χ1) is 21.2. The minimum Gasteiger partial charge on any atom is -0.653 e. The number of hydrogen-bond acceptors (Lipinski definition) is 4. The molecule has 51 heavy (non-hydrogen) atoms. The van der Waals surface area contributed by atoms with Crippen LogP contribution in [-0.4, -0.2) is 139 Å². The third-order valence-corrected chi connectivity index (χ3v) is 6.62. The van der Waals surface area contributed by atoms with Crippen LogP contribution in [0.25, 0.3) is 10.6 Å². The second-order valence-corrected chi connectivity index (χ2v) is 18.9. The van der Waals surface area contributed by atoms with Crippen LogP contribution in [0.15, 0.2) is 0 Å². The first kappa shape index (κ1) is 70.3. The molecule has 0 aromatic heterocycles. The Hall–Kier alpha value is 1.47. The summed E-state index contributed by atoms with van der Waals surface area (Å²) in [6.45, 7) is 44.8. The Bertz CT molecular complexity index is 623. The molecule has 0 amide bonds. The van der Waals surface area contributed by atoms with E-state index in [0.717, 1.165) is 32.6 Å². The quantitative estimate of drug-likeness (QED) is 0.119. The van der Waals surface area contributed by atoms with E-state index < -0.39 is 0 Å². The van der Waals surface area contributed by atoms with E-state index >= 15 is 0 Å². The van der Waals surface area contributed by atoms with Crippen molar-refractivity contribution in [3.05, 3.63) is 17.6 Å². The predicted molar refractivity (Wildman–Crippen MR) is 223 cm³/mol. The van der Waals surface area contributed by atoms with E-state index in [1.54, 1.807) is 0 Å². The third kappa shape index (κ3) is 76.9. The van der Waals surface area contributed by atoms with E-state index in [4.69, 9.17) is 0 Å². The van der Waals surface area contributed by atoms with Crippen molar-refractivity contribution in [2.45, 2.75) is 177 Å². The van der Waals surface area contributed by atoms with Gasteiger partial charge in [-0.1, -0.05) is 74.4 Å². The first-order valence-electron chi connectivity index (χ1n) is 18.8. The summed E-state index contributed by atoms with van der Waals surface area (Å²) in [6.07, 6.45) is 2.28. The van der Waals surface area contributed by atoms with Crippen LogP contribution in [0.2, 0.25) is 0 Å². The van der Waals surface area contributed by atoms with Gasteiger partial charge in [0.15, 0.2) is 0 Å². The zero-order chi connectivity index (χ0) is 39.7. The third-order valence-electron chi connectivity index (χ3n) is 6.62. The summed E-state index contributed by atoms with van der Waals surface area (Å²) in [5, 5.41) is 16.2. The van der Waals surface area contributed by atoms with Gasteiger partial charge in [-0.05, 0) is 90.5 Å². The SMILES string of the molecule is CC(CN(C)C)NC(C)(C)C.CC(CNC(C)(C)C)N(C)C.CC(C[N-]C(C)(C)C)[NH+](C)C.CC(C[NH+](C)C)[N-]C(C)(C)C.[CH2-]CCC.[Li+].[Li+].[Li+]. The van der Waals surface area contributed by atoms with Gasteiger partial charge < -0.3 is 47.8 Å². The normalized spacial score (nSPS) is 14.0. The standard InChI is InChI=1S/C9H22N2.C9H21N2.C9H22N2.C9H21N2.C4H9.3Li/c2*1-8(7-11(5)6)10-9(2,3)4;2*1-8(11(5)6)7-10-9(2,3)4;1-3-4-2;;;/h8,10H,7H2,1-6H3;8H,7H2,1-6H3;8,10H,7H2,1-6H3;8H,7H2,1-6H3;1,3-4H2,2H3;;;/q;-1;;2*-1;3*+1/p+2. The predicted octanol–water partition coefficient (Wildman–Crippen LogP) is -3.34. The van der Waals surface area contributed by atoms with Gasteiger partial charge in [-0.25, -0.2) is 0 Å². The molecule has 0 saturated carbocycles. The van der Waals surface area contributed by atoms with Crippen LogP contribution in [-0.2, 0) is 0 Å². The summed E-state index contributed by atoms with van der Waals surface area (Å²) in [7, 11) is 17.1. The van der Waals surface area contributed by atoms with E-state index in [9.17, 15) is 0 Å². The minimum absolute atomic E-state index is 0. The molecular weight excluding hydrogens is 613 g/mol. The zero-order valence-electron chi connectivity index (χ0n) is 41.0. The number of nitrogens with one attached hydrogen (secondary N) is 4. The Morgan fingerprint density at radius 3 is 1.35 bits per heavy atom. The smallest absolute Gasteiger partial charge is 0.653 e. The van der Waals surface area contributed by atoms with Crippen molar-refractivity contribution in [3.8, 4) is 0 Å². The maximum atomic E-state index is 4.63. The molecule has 0 aliphatic carbocycles. The van der Waals surface area contributed by atoms with Crippen LogP contribution >= 0.6 is 0 Å².